The average molecular weight is 258 g/mol. The van der Waals surface area contributed by atoms with Crippen LogP contribution in [0.5, 0.6) is 0 Å². The van der Waals surface area contributed by atoms with Gasteiger partial charge in [-0.3, -0.25) is 4.79 Å². The number of allylic oxidation sites excluding steroid dienone is 2. The third kappa shape index (κ3) is 3.26. The van der Waals surface area contributed by atoms with Crippen molar-refractivity contribution in [2.75, 3.05) is 14.1 Å². The minimum absolute atomic E-state index is 0.118. The van der Waals surface area contributed by atoms with Gasteiger partial charge in [0.05, 0.1) is 5.02 Å². The summed E-state index contributed by atoms with van der Waals surface area (Å²) in [5.41, 5.74) is 1.34. The van der Waals surface area contributed by atoms with Gasteiger partial charge in [-0.25, -0.2) is 0 Å². The maximum atomic E-state index is 11.9. The monoisotopic (exact) mass is 257 g/mol. The Balaban J connectivity index is 3.02. The summed E-state index contributed by atoms with van der Waals surface area (Å²) >= 11 is 11.7. The summed E-state index contributed by atoms with van der Waals surface area (Å²) in [5.74, 6) is -0.118. The van der Waals surface area contributed by atoms with Crippen molar-refractivity contribution in [3.63, 3.8) is 0 Å². The van der Waals surface area contributed by atoms with Crippen LogP contribution in [-0.2, 0) is 0 Å². The van der Waals surface area contributed by atoms with Crippen LogP contribution < -0.4 is 0 Å². The summed E-state index contributed by atoms with van der Waals surface area (Å²) in [6.45, 7) is 1.86. The number of ketones is 1. The van der Waals surface area contributed by atoms with E-state index in [4.69, 9.17) is 23.2 Å². The third-order valence-corrected chi connectivity index (χ3v) is 2.79. The van der Waals surface area contributed by atoms with Crippen molar-refractivity contribution in [3.8, 4) is 0 Å². The van der Waals surface area contributed by atoms with E-state index in [-0.39, 0.29) is 5.78 Å². The summed E-state index contributed by atoms with van der Waals surface area (Å²) in [5, 5.41) is 0.898. The number of nitrogens with zero attached hydrogens (tertiary/aromatic N) is 1. The van der Waals surface area contributed by atoms with Crippen LogP contribution >= 0.6 is 23.2 Å². The molecule has 0 aliphatic heterocycles. The number of hydrogen-bond donors (Lipinski definition) is 0. The first kappa shape index (κ1) is 13.1. The highest BCUT2D eigenvalue weighted by molar-refractivity contribution is 6.37. The topological polar surface area (TPSA) is 20.3 Å². The van der Waals surface area contributed by atoms with Crippen LogP contribution in [0.4, 0.5) is 0 Å². The van der Waals surface area contributed by atoms with Gasteiger partial charge in [-0.15, -0.1) is 0 Å². The van der Waals surface area contributed by atoms with E-state index in [1.165, 1.54) is 0 Å². The van der Waals surface area contributed by atoms with E-state index < -0.39 is 0 Å². The molecule has 0 saturated heterocycles. The smallest absolute Gasteiger partial charge is 0.189 e. The molecule has 1 aromatic carbocycles. The third-order valence-electron chi connectivity index (χ3n) is 2.24. The molecule has 1 rings (SSSR count). The van der Waals surface area contributed by atoms with E-state index in [2.05, 4.69) is 0 Å². The Morgan fingerprint density at radius 3 is 2.44 bits per heavy atom. The minimum Gasteiger partial charge on any atom is -0.381 e. The van der Waals surface area contributed by atoms with Crippen LogP contribution in [0.25, 0.3) is 0 Å². The summed E-state index contributed by atoms with van der Waals surface area (Å²) in [7, 11) is 3.76. The first-order valence-electron chi connectivity index (χ1n) is 4.77. The Morgan fingerprint density at radius 1 is 1.31 bits per heavy atom. The fraction of sp³-hybridized carbons (Fsp3) is 0.250. The lowest BCUT2D eigenvalue weighted by Crippen LogP contribution is -2.10. The Bertz CT molecular complexity index is 439. The predicted octanol–water partition coefficient (Wildman–Crippen LogP) is 3.64. The molecule has 0 aliphatic rings. The zero-order valence-electron chi connectivity index (χ0n) is 9.42. The molecular weight excluding hydrogens is 245 g/mol. The second kappa shape index (κ2) is 5.37. The van der Waals surface area contributed by atoms with Crippen LogP contribution in [0, 0.1) is 0 Å². The lowest BCUT2D eigenvalue weighted by molar-refractivity contribution is 0.104. The predicted molar refractivity (Wildman–Crippen MR) is 68.2 cm³/mol. The van der Waals surface area contributed by atoms with Gasteiger partial charge in [-0.2, -0.15) is 0 Å². The molecule has 0 fully saturated rings. The van der Waals surface area contributed by atoms with E-state index in [0.717, 1.165) is 5.70 Å². The summed E-state index contributed by atoms with van der Waals surface area (Å²) in [4.78, 5) is 13.7. The molecule has 0 aliphatic carbocycles. The van der Waals surface area contributed by atoms with E-state index in [1.54, 1.807) is 24.3 Å². The molecule has 86 valence electrons. The summed E-state index contributed by atoms with van der Waals surface area (Å²) in [6.07, 6.45) is 1.55. The molecule has 0 heterocycles. The van der Waals surface area contributed by atoms with Crippen molar-refractivity contribution in [1.82, 2.24) is 4.90 Å². The maximum Gasteiger partial charge on any atom is 0.189 e. The van der Waals surface area contributed by atoms with Gasteiger partial charge in [-0.05, 0) is 25.1 Å². The van der Waals surface area contributed by atoms with Gasteiger partial charge in [0.25, 0.3) is 0 Å². The molecule has 0 unspecified atom stereocenters. The summed E-state index contributed by atoms with van der Waals surface area (Å²) in [6, 6.07) is 4.85. The summed E-state index contributed by atoms with van der Waals surface area (Å²) < 4.78 is 0. The fourth-order valence-corrected chi connectivity index (χ4v) is 1.59. The van der Waals surface area contributed by atoms with Crippen molar-refractivity contribution in [3.05, 3.63) is 45.6 Å². The molecule has 0 radical (unpaired) electrons. The minimum atomic E-state index is -0.118. The molecule has 16 heavy (non-hydrogen) atoms. The molecule has 0 spiro atoms. The molecule has 2 nitrogen and oxygen atoms in total. The van der Waals surface area contributed by atoms with Gasteiger partial charge >= 0.3 is 0 Å². The molecular formula is C12H13Cl2NO. The molecule has 0 atom stereocenters. The average Bonchev–Trinajstić information content (AvgIpc) is 2.16. The van der Waals surface area contributed by atoms with Crippen LogP contribution in [0.2, 0.25) is 10.0 Å². The Hall–Kier alpha value is -0.990. The highest BCUT2D eigenvalue weighted by Gasteiger charge is 2.09. The number of carbonyl (C=O) groups excluding carboxylic acids is 1. The molecule has 0 bridgehead atoms. The van der Waals surface area contributed by atoms with Crippen molar-refractivity contribution in [2.24, 2.45) is 0 Å². The SMILES string of the molecule is C/C(=C\C(=O)c1ccc(Cl)cc1Cl)N(C)C. The van der Waals surface area contributed by atoms with Crippen molar-refractivity contribution in [2.45, 2.75) is 6.92 Å². The van der Waals surface area contributed by atoms with Crippen molar-refractivity contribution in [1.29, 1.82) is 0 Å². The van der Waals surface area contributed by atoms with E-state index in [1.807, 2.05) is 25.9 Å². The number of carbonyl (C=O) groups is 1. The number of halogens is 2. The fourth-order valence-electron chi connectivity index (χ4n) is 1.09. The molecule has 0 N–H and O–H groups in total. The standard InChI is InChI=1S/C12H13Cl2NO/c1-8(15(2)3)6-12(16)10-5-4-9(13)7-11(10)14/h4-7H,1-3H3/b8-6+. The van der Waals surface area contributed by atoms with E-state index in [0.29, 0.717) is 15.6 Å². The van der Waals surface area contributed by atoms with Crippen molar-refractivity contribution < 1.29 is 4.79 Å². The maximum absolute atomic E-state index is 11.9. The Morgan fingerprint density at radius 2 is 1.94 bits per heavy atom. The first-order valence-corrected chi connectivity index (χ1v) is 5.52. The second-order valence-electron chi connectivity index (χ2n) is 3.67. The quantitative estimate of drug-likeness (QED) is 0.609. The lowest BCUT2D eigenvalue weighted by atomic mass is 10.1. The van der Waals surface area contributed by atoms with Crippen molar-refractivity contribution >= 4 is 29.0 Å². The number of benzene rings is 1. The molecule has 0 aromatic heterocycles. The van der Waals surface area contributed by atoms with Gasteiger partial charge in [0, 0.05) is 36.5 Å². The first-order chi connectivity index (χ1) is 7.41. The number of rotatable bonds is 3. The van der Waals surface area contributed by atoms with E-state index in [9.17, 15) is 4.79 Å². The van der Waals surface area contributed by atoms with Gasteiger partial charge in [-0.1, -0.05) is 23.2 Å². The molecule has 4 heteroatoms. The molecule has 1 aromatic rings. The zero-order chi connectivity index (χ0) is 12.3. The van der Waals surface area contributed by atoms with Crippen LogP contribution in [-0.4, -0.2) is 24.8 Å². The highest BCUT2D eigenvalue weighted by Crippen LogP contribution is 2.22. The highest BCUT2D eigenvalue weighted by atomic mass is 35.5. The molecule has 0 amide bonds. The Kier molecular flexibility index (Phi) is 4.39. The largest absolute Gasteiger partial charge is 0.381 e. The van der Waals surface area contributed by atoms with Gasteiger partial charge < -0.3 is 4.90 Å². The van der Waals surface area contributed by atoms with Gasteiger partial charge in [0.2, 0.25) is 0 Å². The van der Waals surface area contributed by atoms with Crippen LogP contribution in [0.1, 0.15) is 17.3 Å². The normalized spacial score (nSPS) is 11.4. The van der Waals surface area contributed by atoms with Crippen LogP contribution in [0.3, 0.4) is 0 Å². The number of hydrogen-bond acceptors (Lipinski definition) is 2. The van der Waals surface area contributed by atoms with Gasteiger partial charge in [0.1, 0.15) is 0 Å². The molecule has 0 saturated carbocycles. The lowest BCUT2D eigenvalue weighted by Gasteiger charge is -2.12. The van der Waals surface area contributed by atoms with Gasteiger partial charge in [0.15, 0.2) is 5.78 Å². The van der Waals surface area contributed by atoms with Crippen LogP contribution in [0.15, 0.2) is 30.0 Å². The van der Waals surface area contributed by atoms with E-state index >= 15 is 0 Å². The Labute approximate surface area is 105 Å². The second-order valence-corrected chi connectivity index (χ2v) is 4.51. The zero-order valence-corrected chi connectivity index (χ0v) is 10.9.